The lowest BCUT2D eigenvalue weighted by Gasteiger charge is -2.29. The molecule has 2 aromatic heterocycles. The lowest BCUT2D eigenvalue weighted by molar-refractivity contribution is -0.0361. The molecule has 2 aliphatic carbocycles. The van der Waals surface area contributed by atoms with Crippen molar-refractivity contribution < 1.29 is 8.78 Å². The summed E-state index contributed by atoms with van der Waals surface area (Å²) in [4.78, 5) is 13.7. The second-order valence-corrected chi connectivity index (χ2v) is 7.70. The fourth-order valence-corrected chi connectivity index (χ4v) is 3.92. The Balaban J connectivity index is 1.50. The van der Waals surface area contributed by atoms with E-state index in [-0.39, 0.29) is 18.9 Å². The van der Waals surface area contributed by atoms with Gasteiger partial charge in [-0.05, 0) is 32.6 Å². The van der Waals surface area contributed by atoms with Gasteiger partial charge >= 0.3 is 0 Å². The molecule has 1 N–H and O–H groups in total. The summed E-state index contributed by atoms with van der Waals surface area (Å²) in [7, 11) is 0. The van der Waals surface area contributed by atoms with E-state index >= 15 is 0 Å². The molecule has 4 nitrogen and oxygen atoms in total. The fraction of sp³-hybridized carbons (Fsp3) is 0.588. The molecule has 2 heterocycles. The van der Waals surface area contributed by atoms with Crippen LogP contribution in [0.3, 0.4) is 0 Å². The average molecular weight is 350 g/mol. The van der Waals surface area contributed by atoms with Gasteiger partial charge in [-0.1, -0.05) is 0 Å². The summed E-state index contributed by atoms with van der Waals surface area (Å²) in [5, 5.41) is 6.23. The normalized spacial score (nSPS) is 21.0. The van der Waals surface area contributed by atoms with Gasteiger partial charge in [-0.2, -0.15) is 0 Å². The lowest BCUT2D eigenvalue weighted by Crippen LogP contribution is -2.32. The number of aromatic nitrogens is 3. The number of halogens is 2. The number of aryl methyl sites for hydroxylation is 1. The summed E-state index contributed by atoms with van der Waals surface area (Å²) in [6.07, 6.45) is 3.26. The van der Waals surface area contributed by atoms with Gasteiger partial charge in [-0.15, -0.1) is 11.3 Å². The first-order valence-corrected chi connectivity index (χ1v) is 9.32. The van der Waals surface area contributed by atoms with E-state index < -0.39 is 5.92 Å². The standard InChI is InChI=1S/C17H20F2N4S/c1-10-8-14(21-12-4-6-17(18,19)7-5-12)23-15(20-10)16-22-13(9-24-16)11-2-3-11/h8-9,11-12H,2-7H2,1H3,(H,20,21,23). The molecular formula is C17H20F2N4S. The number of thiazole rings is 1. The average Bonchev–Trinajstić information content (AvgIpc) is 3.26. The van der Waals surface area contributed by atoms with Crippen LogP contribution in [0.4, 0.5) is 14.6 Å². The Morgan fingerprint density at radius 3 is 2.58 bits per heavy atom. The van der Waals surface area contributed by atoms with Gasteiger partial charge in [0, 0.05) is 41.9 Å². The van der Waals surface area contributed by atoms with E-state index in [1.807, 2.05) is 13.0 Å². The van der Waals surface area contributed by atoms with Crippen molar-refractivity contribution in [2.24, 2.45) is 0 Å². The number of nitrogens with zero attached hydrogens (tertiary/aromatic N) is 3. The van der Waals surface area contributed by atoms with Crippen LogP contribution in [0.15, 0.2) is 11.4 Å². The Hall–Kier alpha value is -1.63. The maximum absolute atomic E-state index is 13.3. The first kappa shape index (κ1) is 15.9. The van der Waals surface area contributed by atoms with Crippen LogP contribution in [0.5, 0.6) is 0 Å². The Morgan fingerprint density at radius 2 is 1.88 bits per heavy atom. The number of rotatable bonds is 4. The summed E-state index contributed by atoms with van der Waals surface area (Å²) in [5.41, 5.74) is 2.00. The van der Waals surface area contributed by atoms with Crippen molar-refractivity contribution in [2.75, 3.05) is 5.32 Å². The number of alkyl halides is 2. The maximum atomic E-state index is 13.3. The van der Waals surface area contributed by atoms with E-state index in [2.05, 4.69) is 25.6 Å². The minimum Gasteiger partial charge on any atom is -0.367 e. The topological polar surface area (TPSA) is 50.7 Å². The molecule has 0 amide bonds. The van der Waals surface area contributed by atoms with Gasteiger partial charge in [0.1, 0.15) is 5.82 Å². The van der Waals surface area contributed by atoms with E-state index in [9.17, 15) is 8.78 Å². The van der Waals surface area contributed by atoms with Crippen LogP contribution in [-0.4, -0.2) is 26.9 Å². The van der Waals surface area contributed by atoms with Crippen LogP contribution in [-0.2, 0) is 0 Å². The Kier molecular flexibility index (Phi) is 3.98. The van der Waals surface area contributed by atoms with E-state index in [0.29, 0.717) is 30.4 Å². The van der Waals surface area contributed by atoms with Crippen molar-refractivity contribution in [3.8, 4) is 10.8 Å². The molecule has 0 aromatic carbocycles. The molecule has 0 unspecified atom stereocenters. The Morgan fingerprint density at radius 1 is 1.12 bits per heavy atom. The van der Waals surface area contributed by atoms with Gasteiger partial charge in [-0.3, -0.25) is 0 Å². The molecule has 0 radical (unpaired) electrons. The molecule has 7 heteroatoms. The molecule has 4 rings (SSSR count). The molecular weight excluding hydrogens is 330 g/mol. The first-order valence-electron chi connectivity index (χ1n) is 8.44. The van der Waals surface area contributed by atoms with Gasteiger partial charge in [-0.25, -0.2) is 23.7 Å². The fourth-order valence-electron chi connectivity index (χ4n) is 3.09. The zero-order valence-corrected chi connectivity index (χ0v) is 14.4. The van der Waals surface area contributed by atoms with Crippen molar-refractivity contribution in [3.63, 3.8) is 0 Å². The van der Waals surface area contributed by atoms with Crippen LogP contribution in [0.2, 0.25) is 0 Å². The summed E-state index contributed by atoms with van der Waals surface area (Å²) in [5.74, 6) is -0.571. The Bertz CT molecular complexity index is 732. The highest BCUT2D eigenvalue weighted by Crippen LogP contribution is 2.41. The van der Waals surface area contributed by atoms with Gasteiger partial charge < -0.3 is 5.32 Å². The summed E-state index contributed by atoms with van der Waals surface area (Å²) in [6, 6.07) is 1.91. The van der Waals surface area contributed by atoms with Gasteiger partial charge in [0.05, 0.1) is 5.69 Å². The predicted octanol–water partition coefficient (Wildman–Crippen LogP) is 4.78. The molecule has 0 bridgehead atoms. The lowest BCUT2D eigenvalue weighted by atomic mass is 9.92. The van der Waals surface area contributed by atoms with Crippen molar-refractivity contribution in [1.82, 2.24) is 15.0 Å². The third kappa shape index (κ3) is 3.55. The first-order chi connectivity index (χ1) is 11.5. The molecule has 128 valence electrons. The SMILES string of the molecule is Cc1cc(NC2CCC(F)(F)CC2)nc(-c2nc(C3CC3)cs2)n1. The van der Waals surface area contributed by atoms with Crippen molar-refractivity contribution in [2.45, 2.75) is 63.3 Å². The van der Waals surface area contributed by atoms with E-state index in [1.165, 1.54) is 12.8 Å². The second kappa shape index (κ2) is 6.02. The van der Waals surface area contributed by atoms with Gasteiger partial charge in [0.15, 0.2) is 10.8 Å². The van der Waals surface area contributed by atoms with Gasteiger partial charge in [0.25, 0.3) is 0 Å². The minimum atomic E-state index is -2.51. The zero-order chi connectivity index (χ0) is 16.7. The molecule has 0 saturated heterocycles. The quantitative estimate of drug-likeness (QED) is 0.862. The maximum Gasteiger partial charge on any atom is 0.248 e. The number of hydrogen-bond acceptors (Lipinski definition) is 5. The predicted molar refractivity (Wildman–Crippen MR) is 90.7 cm³/mol. The molecule has 0 aliphatic heterocycles. The highest BCUT2D eigenvalue weighted by atomic mass is 32.1. The summed E-state index contributed by atoms with van der Waals surface area (Å²) >= 11 is 1.57. The highest BCUT2D eigenvalue weighted by Gasteiger charge is 2.35. The third-order valence-corrected chi connectivity index (χ3v) is 5.49. The zero-order valence-electron chi connectivity index (χ0n) is 13.6. The third-order valence-electron chi connectivity index (χ3n) is 4.63. The van der Waals surface area contributed by atoms with Crippen molar-refractivity contribution in [1.29, 1.82) is 0 Å². The molecule has 0 atom stereocenters. The van der Waals surface area contributed by atoms with Crippen LogP contribution in [0.1, 0.15) is 55.8 Å². The van der Waals surface area contributed by atoms with Crippen LogP contribution in [0.25, 0.3) is 10.8 Å². The van der Waals surface area contributed by atoms with Crippen molar-refractivity contribution >= 4 is 17.2 Å². The molecule has 2 aliphatic rings. The van der Waals surface area contributed by atoms with E-state index in [1.54, 1.807) is 11.3 Å². The monoisotopic (exact) mass is 350 g/mol. The molecule has 2 aromatic rings. The molecule has 2 fully saturated rings. The van der Waals surface area contributed by atoms with Crippen LogP contribution >= 0.6 is 11.3 Å². The number of nitrogens with one attached hydrogen (secondary N) is 1. The number of anilines is 1. The van der Waals surface area contributed by atoms with E-state index in [4.69, 9.17) is 0 Å². The smallest absolute Gasteiger partial charge is 0.248 e. The van der Waals surface area contributed by atoms with Crippen molar-refractivity contribution in [3.05, 3.63) is 22.8 Å². The minimum absolute atomic E-state index is 0.0464. The highest BCUT2D eigenvalue weighted by molar-refractivity contribution is 7.13. The Labute approximate surface area is 143 Å². The van der Waals surface area contributed by atoms with Crippen LogP contribution < -0.4 is 5.32 Å². The molecule has 24 heavy (non-hydrogen) atoms. The van der Waals surface area contributed by atoms with E-state index in [0.717, 1.165) is 16.4 Å². The number of hydrogen-bond donors (Lipinski definition) is 1. The van der Waals surface area contributed by atoms with Gasteiger partial charge in [0.2, 0.25) is 5.92 Å². The summed E-state index contributed by atoms with van der Waals surface area (Å²) < 4.78 is 26.6. The summed E-state index contributed by atoms with van der Waals surface area (Å²) in [6.45, 7) is 1.92. The van der Waals surface area contributed by atoms with Crippen LogP contribution in [0, 0.1) is 6.92 Å². The second-order valence-electron chi connectivity index (χ2n) is 6.84. The largest absolute Gasteiger partial charge is 0.367 e. The molecule has 0 spiro atoms. The molecule has 2 saturated carbocycles.